The number of hydrogen-bond donors (Lipinski definition) is 6. The maximum absolute atomic E-state index is 11.6. The minimum atomic E-state index is -3.14. The molecule has 308 valence electrons. The van der Waals surface area contributed by atoms with Gasteiger partial charge in [0.2, 0.25) is 31.9 Å². The van der Waals surface area contributed by atoms with E-state index in [1.807, 2.05) is 48.5 Å². The summed E-state index contributed by atoms with van der Waals surface area (Å²) in [5.74, 6) is 0.546. The van der Waals surface area contributed by atoms with E-state index in [0.717, 1.165) is 29.9 Å². The molecule has 0 saturated carbocycles. The lowest BCUT2D eigenvalue weighted by atomic mass is 9.90. The number of sulfonamides is 2. The van der Waals surface area contributed by atoms with Crippen molar-refractivity contribution in [3.63, 3.8) is 0 Å². The van der Waals surface area contributed by atoms with Crippen molar-refractivity contribution in [2.24, 2.45) is 11.5 Å². The Bertz CT molecular complexity index is 2070. The molecule has 0 aliphatic carbocycles. The molecule has 4 heterocycles. The summed E-state index contributed by atoms with van der Waals surface area (Å²) in [6.45, 7) is 3.34. The lowest BCUT2D eigenvalue weighted by Gasteiger charge is -2.34. The van der Waals surface area contributed by atoms with Crippen LogP contribution in [0.5, 0.6) is 0 Å². The van der Waals surface area contributed by atoms with Gasteiger partial charge in [-0.2, -0.15) is 14.3 Å². The van der Waals surface area contributed by atoms with Crippen molar-refractivity contribution in [2.75, 3.05) is 92.0 Å². The third kappa shape index (κ3) is 11.7. The minimum absolute atomic E-state index is 0. The highest BCUT2D eigenvalue weighted by atomic mass is 32.2. The molecule has 2 amide bonds. The van der Waals surface area contributed by atoms with Gasteiger partial charge in [-0.05, 0) is 60.7 Å². The predicted octanol–water partition coefficient (Wildman–Crippen LogP) is 2.58. The Kier molecular flexibility index (Phi) is 14.7. The molecule has 4 aromatic rings. The lowest BCUT2D eigenvalue weighted by Crippen LogP contribution is -2.48. The van der Waals surface area contributed by atoms with Crippen LogP contribution < -0.4 is 37.6 Å². The van der Waals surface area contributed by atoms with E-state index < -0.39 is 31.9 Å². The molecule has 21 heteroatoms. The van der Waals surface area contributed by atoms with Gasteiger partial charge in [0.05, 0.1) is 23.6 Å². The Hall–Kier alpha value is -5.64. The van der Waals surface area contributed by atoms with E-state index in [2.05, 4.69) is 46.1 Å². The van der Waals surface area contributed by atoms with Crippen molar-refractivity contribution in [3.8, 4) is 0 Å². The highest BCUT2D eigenvalue weighted by Gasteiger charge is 2.26. The summed E-state index contributed by atoms with van der Waals surface area (Å²) in [7, 11) is -2.95. The number of rotatable bonds is 12. The van der Waals surface area contributed by atoms with Crippen molar-refractivity contribution in [2.45, 2.75) is 26.2 Å². The molecule has 19 nitrogen and oxygen atoms in total. The molecule has 0 atom stereocenters. The second-order valence-electron chi connectivity index (χ2n) is 13.1. The zero-order valence-corrected chi connectivity index (χ0v) is 33.2. The fraction of sp³-hybridized carbons (Fsp3) is 0.389. The van der Waals surface area contributed by atoms with Crippen LogP contribution in [0.1, 0.15) is 52.5 Å². The summed E-state index contributed by atoms with van der Waals surface area (Å²) in [5.41, 5.74) is 14.8. The number of aromatic nitrogens is 4. The smallest absolute Gasteiger partial charge is 0.254 e. The van der Waals surface area contributed by atoms with Gasteiger partial charge in [0.25, 0.3) is 11.8 Å². The van der Waals surface area contributed by atoms with Crippen LogP contribution in [0.15, 0.2) is 60.9 Å². The summed E-state index contributed by atoms with van der Waals surface area (Å²) in [6, 6.07) is 15.6. The Balaban J connectivity index is 0.000000248. The first-order chi connectivity index (χ1) is 26.5. The van der Waals surface area contributed by atoms with E-state index in [-0.39, 0.29) is 18.6 Å². The number of piperazine rings is 1. The van der Waals surface area contributed by atoms with Gasteiger partial charge in [0, 0.05) is 82.8 Å². The number of nitrogens with zero attached hydrogens (tertiary/aromatic N) is 7. The van der Waals surface area contributed by atoms with Gasteiger partial charge in [0.1, 0.15) is 11.6 Å². The molecular formula is C36H51N13O6S2. The van der Waals surface area contributed by atoms with Crippen molar-refractivity contribution >= 4 is 72.5 Å². The van der Waals surface area contributed by atoms with Crippen LogP contribution >= 0.6 is 0 Å². The van der Waals surface area contributed by atoms with Crippen molar-refractivity contribution in [1.29, 1.82) is 0 Å². The van der Waals surface area contributed by atoms with Gasteiger partial charge >= 0.3 is 0 Å². The molecule has 57 heavy (non-hydrogen) atoms. The standard InChI is InChI=1S/C18H24N6O3S.C17H23N7O3S.CH4/c1-20-17-15(16(19)25)11-21-18(23-17)22-14-5-3-12(4-6-14)13-7-9-24(10-8-13)28(2,26)27;1-19-16-14(15(18)25)11-20-17(22-16)21-12-3-5-13(6-4-12)23-7-9-24(10-8-23)28(2,26)27;/h3-6,11,13H,7-10H2,1-2H3,(H2,19,25)(H2,20,21,22,23);3-6,11H,7-10H2,1-2H3,(H2,18,25)(H2,19,20,21,22);1H4. The highest BCUT2D eigenvalue weighted by molar-refractivity contribution is 7.88. The van der Waals surface area contributed by atoms with Crippen molar-refractivity contribution in [3.05, 3.63) is 77.6 Å². The number of anilines is 7. The van der Waals surface area contributed by atoms with Crippen molar-refractivity contribution < 1.29 is 26.4 Å². The van der Waals surface area contributed by atoms with Gasteiger partial charge in [-0.3, -0.25) is 9.59 Å². The quantitative estimate of drug-likeness (QED) is 0.120. The largest absolute Gasteiger partial charge is 0.372 e. The molecule has 2 aliphatic rings. The van der Waals surface area contributed by atoms with Gasteiger partial charge in [-0.25, -0.2) is 31.1 Å². The summed E-state index contributed by atoms with van der Waals surface area (Å²) in [6.07, 6.45) is 6.87. The first-order valence-electron chi connectivity index (χ1n) is 17.6. The molecule has 0 unspecified atom stereocenters. The fourth-order valence-electron chi connectivity index (χ4n) is 6.28. The van der Waals surface area contributed by atoms with Crippen LogP contribution in [-0.2, 0) is 20.0 Å². The Morgan fingerprint density at radius 1 is 0.649 bits per heavy atom. The number of nitrogens with two attached hydrogens (primary N) is 2. The Morgan fingerprint density at radius 3 is 1.44 bits per heavy atom. The van der Waals surface area contributed by atoms with Crippen LogP contribution in [0.4, 0.5) is 40.6 Å². The summed E-state index contributed by atoms with van der Waals surface area (Å²) in [5, 5.41) is 11.8. The zero-order chi connectivity index (χ0) is 40.6. The van der Waals surface area contributed by atoms with Crippen molar-refractivity contribution in [1.82, 2.24) is 28.5 Å². The maximum atomic E-state index is 11.6. The van der Waals surface area contributed by atoms with Crippen LogP contribution in [0.3, 0.4) is 0 Å². The molecule has 0 bridgehead atoms. The fourth-order valence-corrected chi connectivity index (χ4v) is 7.98. The van der Waals surface area contributed by atoms with Gasteiger partial charge < -0.3 is 37.6 Å². The summed E-state index contributed by atoms with van der Waals surface area (Å²) >= 11 is 0. The minimum Gasteiger partial charge on any atom is -0.372 e. The normalized spacial score (nSPS) is 15.3. The topological polar surface area (TPSA) is 264 Å². The van der Waals surface area contributed by atoms with E-state index in [9.17, 15) is 26.4 Å². The second-order valence-corrected chi connectivity index (χ2v) is 17.1. The number of amides is 2. The summed E-state index contributed by atoms with van der Waals surface area (Å²) in [4.78, 5) is 41.6. The first kappa shape index (κ1) is 44.1. The molecule has 2 fully saturated rings. The van der Waals surface area contributed by atoms with Crippen LogP contribution in [0.25, 0.3) is 0 Å². The molecule has 0 spiro atoms. The van der Waals surface area contributed by atoms with E-state index in [1.165, 1.54) is 39.1 Å². The molecule has 8 N–H and O–H groups in total. The highest BCUT2D eigenvalue weighted by Crippen LogP contribution is 2.30. The number of nitrogens with one attached hydrogen (secondary N) is 4. The predicted molar refractivity (Wildman–Crippen MR) is 223 cm³/mol. The van der Waals surface area contributed by atoms with E-state index in [4.69, 9.17) is 11.5 Å². The summed E-state index contributed by atoms with van der Waals surface area (Å²) < 4.78 is 49.5. The van der Waals surface area contributed by atoms with E-state index in [0.29, 0.717) is 68.7 Å². The van der Waals surface area contributed by atoms with E-state index in [1.54, 1.807) is 14.1 Å². The lowest BCUT2D eigenvalue weighted by molar-refractivity contribution is 0.0992. The molecule has 2 aliphatic heterocycles. The number of hydrogen-bond acceptors (Lipinski definition) is 15. The van der Waals surface area contributed by atoms with Crippen LogP contribution in [0.2, 0.25) is 0 Å². The number of carbonyl (C=O) groups excluding carboxylic acids is 2. The number of piperidine rings is 1. The van der Waals surface area contributed by atoms with Gasteiger partial charge in [-0.1, -0.05) is 19.6 Å². The molecule has 2 aromatic carbocycles. The van der Waals surface area contributed by atoms with Crippen LogP contribution in [-0.4, -0.2) is 123 Å². The van der Waals surface area contributed by atoms with Gasteiger partial charge in [-0.15, -0.1) is 0 Å². The Morgan fingerprint density at radius 2 is 1.05 bits per heavy atom. The number of benzene rings is 2. The maximum Gasteiger partial charge on any atom is 0.254 e. The second kappa shape index (κ2) is 19.0. The SMILES string of the molecule is C.CNc1nc(Nc2ccc(C3CCN(S(C)(=O)=O)CC3)cc2)ncc1C(N)=O.CNc1nc(Nc2ccc(N3CCN(S(C)(=O)=O)CC3)cc2)ncc1C(N)=O. The average Bonchev–Trinajstić information content (AvgIpc) is 3.18. The van der Waals surface area contributed by atoms with Gasteiger partial charge in [0.15, 0.2) is 0 Å². The van der Waals surface area contributed by atoms with Crippen LogP contribution in [0, 0.1) is 0 Å². The molecule has 2 aromatic heterocycles. The molecule has 6 rings (SSSR count). The van der Waals surface area contributed by atoms with E-state index >= 15 is 0 Å². The third-order valence-corrected chi connectivity index (χ3v) is 11.9. The number of carbonyl (C=O) groups is 2. The Labute approximate surface area is 333 Å². The average molecular weight is 826 g/mol. The monoisotopic (exact) mass is 825 g/mol. The number of primary amides is 2. The third-order valence-electron chi connectivity index (χ3n) is 9.34. The molecule has 2 saturated heterocycles. The first-order valence-corrected chi connectivity index (χ1v) is 21.3. The molecule has 0 radical (unpaired) electrons. The molecular weight excluding hydrogens is 775 g/mol. The zero-order valence-electron chi connectivity index (χ0n) is 31.6.